The van der Waals surface area contributed by atoms with Gasteiger partial charge in [-0.15, -0.1) is 0 Å². The van der Waals surface area contributed by atoms with Gasteiger partial charge >= 0.3 is 7.12 Å². The molecular formula is C12H15BFNO3. The molecule has 1 saturated heterocycles. The van der Waals surface area contributed by atoms with E-state index in [1.165, 1.54) is 6.07 Å². The molecule has 0 bridgehead atoms. The molecular weight excluding hydrogens is 236 g/mol. The van der Waals surface area contributed by atoms with Gasteiger partial charge in [-0.05, 0) is 23.2 Å². The minimum Gasteiger partial charge on any atom is -0.423 e. The molecule has 6 heteroatoms. The number of hydrogen-bond acceptors (Lipinski definition) is 4. The molecule has 1 fully saturated rings. The monoisotopic (exact) mass is 251 g/mol. The number of carbonyl (C=O) groups is 1. The van der Waals surface area contributed by atoms with Crippen LogP contribution in [0.4, 0.5) is 4.39 Å². The number of hydrogen-bond donors (Lipinski definition) is 2. The van der Waals surface area contributed by atoms with Gasteiger partial charge in [0.1, 0.15) is 11.6 Å². The zero-order valence-electron chi connectivity index (χ0n) is 9.97. The van der Waals surface area contributed by atoms with E-state index in [4.69, 9.17) is 10.0 Å². The highest BCUT2D eigenvalue weighted by Crippen LogP contribution is 2.11. The van der Waals surface area contributed by atoms with Gasteiger partial charge < -0.3 is 10.0 Å². The first kappa shape index (κ1) is 13.2. The van der Waals surface area contributed by atoms with Crippen LogP contribution in [-0.2, 0) is 11.3 Å². The molecule has 1 aromatic carbocycles. The second-order valence-electron chi connectivity index (χ2n) is 4.58. The van der Waals surface area contributed by atoms with E-state index >= 15 is 0 Å². The molecule has 0 unspecified atom stereocenters. The van der Waals surface area contributed by atoms with Gasteiger partial charge in [-0.2, -0.15) is 0 Å². The minimum atomic E-state index is -1.66. The van der Waals surface area contributed by atoms with Crippen LogP contribution in [0.3, 0.4) is 0 Å². The van der Waals surface area contributed by atoms with Crippen molar-refractivity contribution in [2.24, 2.45) is 0 Å². The van der Waals surface area contributed by atoms with Crippen molar-refractivity contribution in [3.8, 4) is 0 Å². The zero-order chi connectivity index (χ0) is 13.1. The summed E-state index contributed by atoms with van der Waals surface area (Å²) in [5.74, 6) is -0.222. The summed E-state index contributed by atoms with van der Waals surface area (Å²) >= 11 is 0. The molecule has 0 atom stereocenters. The first-order chi connectivity index (χ1) is 8.54. The van der Waals surface area contributed by atoms with Crippen molar-refractivity contribution in [2.75, 3.05) is 13.1 Å². The summed E-state index contributed by atoms with van der Waals surface area (Å²) in [5.41, 5.74) is 0.838. The first-order valence-electron chi connectivity index (χ1n) is 5.94. The molecule has 0 spiro atoms. The highest BCUT2D eigenvalue weighted by Gasteiger charge is 2.18. The molecule has 1 heterocycles. The molecule has 1 aromatic rings. The summed E-state index contributed by atoms with van der Waals surface area (Å²) in [6, 6.07) is 4.06. The Morgan fingerprint density at radius 2 is 1.89 bits per heavy atom. The van der Waals surface area contributed by atoms with Gasteiger partial charge in [-0.25, -0.2) is 4.39 Å². The number of carbonyl (C=O) groups excluding carboxylic acids is 1. The van der Waals surface area contributed by atoms with Crippen LogP contribution in [-0.4, -0.2) is 40.9 Å². The standard InChI is InChI=1S/C12H15BFNO3/c14-11-6-9(5-10(7-11)13(17)18)8-15-3-1-12(16)2-4-15/h5-7,17-18H,1-4,8H2. The average Bonchev–Trinajstić information content (AvgIpc) is 2.31. The molecule has 0 amide bonds. The second kappa shape index (κ2) is 5.60. The van der Waals surface area contributed by atoms with E-state index in [9.17, 15) is 9.18 Å². The molecule has 0 saturated carbocycles. The van der Waals surface area contributed by atoms with Crippen molar-refractivity contribution in [1.82, 2.24) is 4.90 Å². The van der Waals surface area contributed by atoms with E-state index in [-0.39, 0.29) is 11.2 Å². The maximum atomic E-state index is 13.3. The van der Waals surface area contributed by atoms with E-state index in [2.05, 4.69) is 4.90 Å². The van der Waals surface area contributed by atoms with Crippen LogP contribution in [0.25, 0.3) is 0 Å². The Morgan fingerprint density at radius 1 is 1.22 bits per heavy atom. The summed E-state index contributed by atoms with van der Waals surface area (Å²) < 4.78 is 13.3. The SMILES string of the molecule is O=C1CCN(Cc2cc(F)cc(B(O)O)c2)CC1. The quantitative estimate of drug-likeness (QED) is 0.722. The number of ketones is 1. The van der Waals surface area contributed by atoms with Crippen molar-refractivity contribution >= 4 is 18.4 Å². The molecule has 1 aliphatic rings. The first-order valence-corrected chi connectivity index (χ1v) is 5.94. The maximum absolute atomic E-state index is 13.3. The van der Waals surface area contributed by atoms with Crippen molar-refractivity contribution in [3.05, 3.63) is 29.6 Å². The third kappa shape index (κ3) is 3.38. The fourth-order valence-electron chi connectivity index (χ4n) is 2.13. The van der Waals surface area contributed by atoms with E-state index in [0.29, 0.717) is 38.0 Å². The number of rotatable bonds is 3. The molecule has 96 valence electrons. The van der Waals surface area contributed by atoms with Crippen molar-refractivity contribution < 1.29 is 19.2 Å². The van der Waals surface area contributed by atoms with Gasteiger partial charge in [0.05, 0.1) is 0 Å². The largest absolute Gasteiger partial charge is 0.488 e. The summed E-state index contributed by atoms with van der Waals surface area (Å²) in [6.45, 7) is 1.86. The van der Waals surface area contributed by atoms with Gasteiger partial charge in [0.25, 0.3) is 0 Å². The smallest absolute Gasteiger partial charge is 0.423 e. The summed E-state index contributed by atoms with van der Waals surface area (Å²) in [4.78, 5) is 13.2. The van der Waals surface area contributed by atoms with Crippen LogP contribution in [0.15, 0.2) is 18.2 Å². The third-order valence-electron chi connectivity index (χ3n) is 3.10. The Balaban J connectivity index is 2.06. The molecule has 18 heavy (non-hydrogen) atoms. The summed E-state index contributed by atoms with van der Waals surface area (Å²) in [5, 5.41) is 18.1. The lowest BCUT2D eigenvalue weighted by Crippen LogP contribution is -2.34. The van der Waals surface area contributed by atoms with Crippen molar-refractivity contribution in [2.45, 2.75) is 19.4 Å². The number of likely N-dealkylation sites (tertiary alicyclic amines) is 1. The normalized spacial score (nSPS) is 16.9. The Labute approximate surface area is 105 Å². The van der Waals surface area contributed by atoms with Gasteiger partial charge in [0.2, 0.25) is 0 Å². The van der Waals surface area contributed by atoms with Crippen LogP contribution in [0.5, 0.6) is 0 Å². The van der Waals surface area contributed by atoms with Gasteiger partial charge in [0.15, 0.2) is 0 Å². The lowest BCUT2D eigenvalue weighted by Gasteiger charge is -2.25. The van der Waals surface area contributed by atoms with Crippen LogP contribution >= 0.6 is 0 Å². The molecule has 4 nitrogen and oxygen atoms in total. The Kier molecular flexibility index (Phi) is 4.11. The van der Waals surface area contributed by atoms with E-state index < -0.39 is 12.9 Å². The van der Waals surface area contributed by atoms with Crippen LogP contribution in [0, 0.1) is 5.82 Å². The predicted molar refractivity (Wildman–Crippen MR) is 65.7 cm³/mol. The molecule has 0 aliphatic carbocycles. The fraction of sp³-hybridized carbons (Fsp3) is 0.417. The lowest BCUT2D eigenvalue weighted by molar-refractivity contribution is -0.121. The zero-order valence-corrected chi connectivity index (χ0v) is 9.97. The number of Topliss-reactive ketones (excluding diaryl/α,β-unsaturated/α-hetero) is 1. The number of benzene rings is 1. The van der Waals surface area contributed by atoms with Crippen LogP contribution < -0.4 is 5.46 Å². The summed E-state index contributed by atoms with van der Waals surface area (Å²) in [6.07, 6.45) is 1.07. The lowest BCUT2D eigenvalue weighted by atomic mass is 9.79. The highest BCUT2D eigenvalue weighted by molar-refractivity contribution is 6.58. The van der Waals surface area contributed by atoms with Crippen molar-refractivity contribution in [3.63, 3.8) is 0 Å². The Morgan fingerprint density at radius 3 is 2.50 bits per heavy atom. The van der Waals surface area contributed by atoms with Gasteiger partial charge in [-0.1, -0.05) is 6.07 Å². The maximum Gasteiger partial charge on any atom is 0.488 e. The van der Waals surface area contributed by atoms with E-state index in [1.807, 2.05) is 0 Å². The number of halogens is 1. The Bertz CT molecular complexity index is 443. The molecule has 1 aliphatic heterocycles. The van der Waals surface area contributed by atoms with E-state index in [1.54, 1.807) is 6.07 Å². The van der Waals surface area contributed by atoms with Gasteiger partial charge in [-0.3, -0.25) is 9.69 Å². The van der Waals surface area contributed by atoms with Crippen LogP contribution in [0.1, 0.15) is 18.4 Å². The van der Waals surface area contributed by atoms with Gasteiger partial charge in [0, 0.05) is 32.5 Å². The fourth-order valence-corrected chi connectivity index (χ4v) is 2.13. The van der Waals surface area contributed by atoms with Crippen molar-refractivity contribution in [1.29, 1.82) is 0 Å². The number of nitrogens with zero attached hydrogens (tertiary/aromatic N) is 1. The average molecular weight is 251 g/mol. The van der Waals surface area contributed by atoms with Crippen LogP contribution in [0.2, 0.25) is 0 Å². The summed E-state index contributed by atoms with van der Waals surface area (Å²) in [7, 11) is -1.66. The third-order valence-corrected chi connectivity index (χ3v) is 3.10. The topological polar surface area (TPSA) is 60.8 Å². The van der Waals surface area contributed by atoms with E-state index in [0.717, 1.165) is 6.07 Å². The number of piperidine rings is 1. The molecule has 0 radical (unpaired) electrons. The highest BCUT2D eigenvalue weighted by atomic mass is 19.1. The minimum absolute atomic E-state index is 0.151. The Hall–Kier alpha value is -1.24. The predicted octanol–water partition coefficient (Wildman–Crippen LogP) is -0.330. The molecule has 2 N–H and O–H groups in total. The molecule has 2 rings (SSSR count). The molecule has 0 aromatic heterocycles. The second-order valence-corrected chi connectivity index (χ2v) is 4.58.